The summed E-state index contributed by atoms with van der Waals surface area (Å²) in [6.07, 6.45) is -0.610. The first kappa shape index (κ1) is 15.3. The van der Waals surface area contributed by atoms with Gasteiger partial charge in [0.2, 0.25) is 11.8 Å². The molecule has 1 amide bonds. The number of nitrogens with one attached hydrogen (secondary N) is 1. The van der Waals surface area contributed by atoms with Gasteiger partial charge in [0.15, 0.2) is 0 Å². The van der Waals surface area contributed by atoms with Gasteiger partial charge in [-0.2, -0.15) is 0 Å². The third-order valence-corrected chi connectivity index (χ3v) is 3.56. The summed E-state index contributed by atoms with van der Waals surface area (Å²) in [4.78, 5) is 11.8. The molecule has 3 nitrogen and oxygen atoms in total. The number of carbonyl (C=O) groups is 1. The van der Waals surface area contributed by atoms with Crippen LogP contribution in [0.1, 0.15) is 46.5 Å². The summed E-state index contributed by atoms with van der Waals surface area (Å²) in [5.74, 6) is -3.16. The molecule has 0 aliphatic heterocycles. The minimum Gasteiger partial charge on any atom is -0.391 e. The van der Waals surface area contributed by atoms with E-state index in [4.69, 9.17) is 0 Å². The monoisotopic (exact) mass is 263 g/mol. The average molecular weight is 263 g/mol. The number of rotatable bonds is 3. The van der Waals surface area contributed by atoms with E-state index >= 15 is 0 Å². The van der Waals surface area contributed by atoms with Gasteiger partial charge in [-0.3, -0.25) is 4.79 Å². The van der Waals surface area contributed by atoms with Crippen LogP contribution in [0.4, 0.5) is 8.78 Å². The number of hydrogen-bond acceptors (Lipinski definition) is 2. The van der Waals surface area contributed by atoms with Crippen LogP contribution in [0.15, 0.2) is 0 Å². The Morgan fingerprint density at radius 3 is 2.33 bits per heavy atom. The van der Waals surface area contributed by atoms with Crippen molar-refractivity contribution in [2.45, 2.75) is 58.5 Å². The molecular weight excluding hydrogens is 240 g/mol. The molecule has 0 aromatic carbocycles. The van der Waals surface area contributed by atoms with E-state index in [-0.39, 0.29) is 49.5 Å². The third-order valence-electron chi connectivity index (χ3n) is 3.56. The summed E-state index contributed by atoms with van der Waals surface area (Å²) in [6.45, 7) is 5.82. The van der Waals surface area contributed by atoms with Gasteiger partial charge in [-0.25, -0.2) is 8.78 Å². The smallest absolute Gasteiger partial charge is 0.248 e. The maximum absolute atomic E-state index is 12.9. The van der Waals surface area contributed by atoms with Crippen molar-refractivity contribution in [2.24, 2.45) is 11.3 Å². The molecule has 1 fully saturated rings. The van der Waals surface area contributed by atoms with Crippen LogP contribution in [0.2, 0.25) is 0 Å². The van der Waals surface area contributed by atoms with Gasteiger partial charge in [-0.15, -0.1) is 0 Å². The molecule has 2 N–H and O–H groups in total. The van der Waals surface area contributed by atoms with E-state index in [1.165, 1.54) is 0 Å². The fourth-order valence-electron chi connectivity index (χ4n) is 1.95. The second-order valence-corrected chi connectivity index (χ2v) is 6.26. The van der Waals surface area contributed by atoms with Crippen molar-refractivity contribution in [3.8, 4) is 0 Å². The van der Waals surface area contributed by atoms with Gasteiger partial charge >= 0.3 is 0 Å². The zero-order chi connectivity index (χ0) is 14.0. The van der Waals surface area contributed by atoms with Crippen molar-refractivity contribution in [3.63, 3.8) is 0 Å². The molecule has 0 bridgehead atoms. The van der Waals surface area contributed by atoms with E-state index in [9.17, 15) is 18.7 Å². The fraction of sp³-hybridized carbons (Fsp3) is 0.923. The highest BCUT2D eigenvalue weighted by atomic mass is 19.3. The van der Waals surface area contributed by atoms with Gasteiger partial charge in [0.25, 0.3) is 0 Å². The van der Waals surface area contributed by atoms with Crippen LogP contribution >= 0.6 is 0 Å². The SMILES string of the molecule is CC(C)(C)C(O)CNC(=O)C1CCC(F)(F)CC1. The Kier molecular flexibility index (Phi) is 4.70. The van der Waals surface area contributed by atoms with Gasteiger partial charge in [0.1, 0.15) is 0 Å². The van der Waals surface area contributed by atoms with Crippen LogP contribution in [0.25, 0.3) is 0 Å². The summed E-state index contributed by atoms with van der Waals surface area (Å²) >= 11 is 0. The molecule has 1 aliphatic carbocycles. The first-order chi connectivity index (χ1) is 8.12. The molecular formula is C13H23F2NO2. The van der Waals surface area contributed by atoms with Crippen LogP contribution in [0.5, 0.6) is 0 Å². The molecule has 1 unspecified atom stereocenters. The van der Waals surface area contributed by atoms with Crippen molar-refractivity contribution in [2.75, 3.05) is 6.54 Å². The number of amides is 1. The first-order valence-corrected chi connectivity index (χ1v) is 6.45. The van der Waals surface area contributed by atoms with E-state index in [0.717, 1.165) is 0 Å². The van der Waals surface area contributed by atoms with E-state index in [1.807, 2.05) is 20.8 Å². The van der Waals surface area contributed by atoms with Crippen LogP contribution < -0.4 is 5.32 Å². The fourth-order valence-corrected chi connectivity index (χ4v) is 1.95. The normalized spacial score (nSPS) is 22.6. The van der Waals surface area contributed by atoms with E-state index in [0.29, 0.717) is 0 Å². The summed E-state index contributed by atoms with van der Waals surface area (Å²) in [5, 5.41) is 12.4. The van der Waals surface area contributed by atoms with Crippen molar-refractivity contribution >= 4 is 5.91 Å². The maximum atomic E-state index is 12.9. The molecule has 1 rings (SSSR count). The van der Waals surface area contributed by atoms with Gasteiger partial charge in [0, 0.05) is 25.3 Å². The first-order valence-electron chi connectivity index (χ1n) is 6.45. The second-order valence-electron chi connectivity index (χ2n) is 6.26. The zero-order valence-electron chi connectivity index (χ0n) is 11.3. The zero-order valence-corrected chi connectivity index (χ0v) is 11.3. The number of aliphatic hydroxyl groups is 1. The molecule has 0 saturated heterocycles. The lowest BCUT2D eigenvalue weighted by atomic mass is 9.85. The molecule has 0 radical (unpaired) electrons. The quantitative estimate of drug-likeness (QED) is 0.821. The standard InChI is InChI=1S/C13H23F2NO2/c1-12(2,3)10(17)8-16-11(18)9-4-6-13(14,15)7-5-9/h9-10,17H,4-8H2,1-3H3,(H,16,18). The van der Waals surface area contributed by atoms with E-state index in [1.54, 1.807) is 0 Å². The van der Waals surface area contributed by atoms with Crippen LogP contribution in [0.3, 0.4) is 0 Å². The Hall–Kier alpha value is -0.710. The van der Waals surface area contributed by atoms with Gasteiger partial charge < -0.3 is 10.4 Å². The average Bonchev–Trinajstić information content (AvgIpc) is 2.24. The molecule has 0 spiro atoms. The van der Waals surface area contributed by atoms with Crippen LogP contribution in [0, 0.1) is 11.3 Å². The van der Waals surface area contributed by atoms with Crippen molar-refractivity contribution in [1.82, 2.24) is 5.32 Å². The van der Waals surface area contributed by atoms with E-state index in [2.05, 4.69) is 5.32 Å². The Morgan fingerprint density at radius 1 is 1.39 bits per heavy atom. The molecule has 1 aliphatic rings. The molecule has 0 aromatic heterocycles. The third kappa shape index (κ3) is 4.52. The minimum atomic E-state index is -2.61. The minimum absolute atomic E-state index is 0.176. The van der Waals surface area contributed by atoms with Crippen molar-refractivity contribution in [1.29, 1.82) is 0 Å². The molecule has 18 heavy (non-hydrogen) atoms. The molecule has 1 atom stereocenters. The highest BCUT2D eigenvalue weighted by Gasteiger charge is 2.37. The van der Waals surface area contributed by atoms with Crippen LogP contribution in [-0.4, -0.2) is 29.6 Å². The number of carbonyl (C=O) groups excluding carboxylic acids is 1. The Labute approximate surface area is 107 Å². The number of hydrogen-bond donors (Lipinski definition) is 2. The van der Waals surface area contributed by atoms with Crippen molar-refractivity contribution in [3.05, 3.63) is 0 Å². The molecule has 0 heterocycles. The lowest BCUT2D eigenvalue weighted by molar-refractivity contribution is -0.129. The lowest BCUT2D eigenvalue weighted by Gasteiger charge is -2.29. The van der Waals surface area contributed by atoms with E-state index < -0.39 is 12.0 Å². The van der Waals surface area contributed by atoms with Gasteiger partial charge in [0.05, 0.1) is 6.10 Å². The molecule has 1 saturated carbocycles. The molecule has 0 aromatic rings. The summed E-state index contributed by atoms with van der Waals surface area (Å²) in [6, 6.07) is 0. The highest BCUT2D eigenvalue weighted by Crippen LogP contribution is 2.36. The Bertz CT molecular complexity index is 290. The van der Waals surface area contributed by atoms with Crippen LogP contribution in [-0.2, 0) is 4.79 Å². The highest BCUT2D eigenvalue weighted by molar-refractivity contribution is 5.78. The Morgan fingerprint density at radius 2 is 1.89 bits per heavy atom. The molecule has 106 valence electrons. The lowest BCUT2D eigenvalue weighted by Crippen LogP contribution is -2.42. The predicted octanol–water partition coefficient (Wildman–Crippen LogP) is 2.34. The predicted molar refractivity (Wildman–Crippen MR) is 65.4 cm³/mol. The summed E-state index contributed by atoms with van der Waals surface area (Å²) in [7, 11) is 0. The summed E-state index contributed by atoms with van der Waals surface area (Å²) < 4.78 is 25.9. The topological polar surface area (TPSA) is 49.3 Å². The van der Waals surface area contributed by atoms with Gasteiger partial charge in [-0.05, 0) is 18.3 Å². The Balaban J connectivity index is 2.34. The number of alkyl halides is 2. The maximum Gasteiger partial charge on any atom is 0.248 e. The number of halogens is 2. The summed E-state index contributed by atoms with van der Waals surface area (Å²) in [5.41, 5.74) is -0.299. The van der Waals surface area contributed by atoms with Gasteiger partial charge in [-0.1, -0.05) is 20.8 Å². The largest absolute Gasteiger partial charge is 0.391 e. The second kappa shape index (κ2) is 5.51. The van der Waals surface area contributed by atoms with Crippen molar-refractivity contribution < 1.29 is 18.7 Å². The molecule has 5 heteroatoms. The number of aliphatic hydroxyl groups excluding tert-OH is 1.